The fourth-order valence-corrected chi connectivity index (χ4v) is 4.06. The van der Waals surface area contributed by atoms with Crippen molar-refractivity contribution >= 4 is 52.3 Å². The molecule has 0 aliphatic heterocycles. The van der Waals surface area contributed by atoms with Crippen molar-refractivity contribution in [3.05, 3.63) is 41.4 Å². The minimum absolute atomic E-state index is 0. The van der Waals surface area contributed by atoms with E-state index in [-0.39, 0.29) is 48.6 Å². The maximum absolute atomic E-state index is 12.6. The van der Waals surface area contributed by atoms with E-state index in [1.165, 1.54) is 4.70 Å². The second-order valence-corrected chi connectivity index (χ2v) is 7.17. The van der Waals surface area contributed by atoms with Gasteiger partial charge >= 0.3 is 0 Å². The van der Waals surface area contributed by atoms with Gasteiger partial charge in [-0.1, -0.05) is 24.3 Å². The molecule has 1 amide bonds. The third-order valence-electron chi connectivity index (χ3n) is 4.47. The van der Waals surface area contributed by atoms with Crippen LogP contribution in [0.3, 0.4) is 0 Å². The lowest BCUT2D eigenvalue weighted by molar-refractivity contribution is -0.125. The summed E-state index contributed by atoms with van der Waals surface area (Å²) in [5.74, 6) is 0.299. The number of nitrogens with one attached hydrogen (secondary N) is 2. The molecule has 25 heavy (non-hydrogen) atoms. The monoisotopic (exact) mass is 401 g/mol. The molecular weight excluding hydrogens is 377 g/mol. The zero-order chi connectivity index (χ0) is 16.2. The van der Waals surface area contributed by atoms with Crippen LogP contribution in [-0.2, 0) is 4.79 Å². The number of benzene rings is 1. The topological polar surface area (TPSA) is 54.0 Å². The van der Waals surface area contributed by atoms with E-state index in [2.05, 4.69) is 35.8 Å². The number of para-hydroxylation sites is 1. The number of amides is 1. The summed E-state index contributed by atoms with van der Waals surface area (Å²) in [7, 11) is 1.91. The van der Waals surface area contributed by atoms with Crippen LogP contribution in [0.4, 0.5) is 0 Å². The number of aromatic nitrogens is 1. The first-order valence-electron chi connectivity index (χ1n) is 8.14. The lowest BCUT2D eigenvalue weighted by atomic mass is 9.82. The Morgan fingerprint density at radius 1 is 1.28 bits per heavy atom. The van der Waals surface area contributed by atoms with Crippen molar-refractivity contribution in [2.24, 2.45) is 5.92 Å². The highest BCUT2D eigenvalue weighted by molar-refractivity contribution is 7.18. The summed E-state index contributed by atoms with van der Waals surface area (Å²) in [5, 5.41) is 7.30. The number of halogens is 2. The van der Waals surface area contributed by atoms with Crippen molar-refractivity contribution in [1.82, 2.24) is 15.6 Å². The molecular formula is C18H25Cl2N3OS. The Morgan fingerprint density at radius 2 is 2.00 bits per heavy atom. The number of rotatable bonds is 5. The van der Waals surface area contributed by atoms with Crippen molar-refractivity contribution in [2.75, 3.05) is 13.6 Å². The average molecular weight is 402 g/mol. The molecule has 2 aromatic rings. The highest BCUT2D eigenvalue weighted by Gasteiger charge is 2.32. The van der Waals surface area contributed by atoms with E-state index in [0.29, 0.717) is 6.54 Å². The molecule has 3 rings (SSSR count). The summed E-state index contributed by atoms with van der Waals surface area (Å²) >= 11 is 1.72. The molecule has 0 saturated carbocycles. The van der Waals surface area contributed by atoms with Crippen LogP contribution in [0.25, 0.3) is 10.2 Å². The quantitative estimate of drug-likeness (QED) is 0.746. The van der Waals surface area contributed by atoms with Crippen molar-refractivity contribution < 1.29 is 4.79 Å². The maximum Gasteiger partial charge on any atom is 0.224 e. The van der Waals surface area contributed by atoms with Crippen LogP contribution in [0.5, 0.6) is 0 Å². The summed E-state index contributed by atoms with van der Waals surface area (Å²) in [6.07, 6.45) is 5.98. The van der Waals surface area contributed by atoms with E-state index in [1.807, 2.05) is 25.2 Å². The van der Waals surface area contributed by atoms with E-state index in [9.17, 15) is 4.79 Å². The fourth-order valence-electron chi connectivity index (χ4n) is 2.91. The SMILES string of the molecule is CNC(C)CNC(=O)C1CC=CCC1c1nc2ccccc2s1.Cl.Cl. The van der Waals surface area contributed by atoms with Crippen molar-refractivity contribution in [2.45, 2.75) is 31.7 Å². The highest BCUT2D eigenvalue weighted by atomic mass is 35.5. The smallest absolute Gasteiger partial charge is 0.224 e. The Labute approximate surface area is 165 Å². The molecule has 0 saturated heterocycles. The van der Waals surface area contributed by atoms with E-state index in [0.717, 1.165) is 23.4 Å². The van der Waals surface area contributed by atoms with Crippen LogP contribution in [-0.4, -0.2) is 30.5 Å². The standard InChI is InChI=1S/C18H23N3OS.2ClH/c1-12(19-2)11-20-17(22)13-7-3-4-8-14(13)18-21-15-9-5-6-10-16(15)23-18;;/h3-6,9-10,12-14,19H,7-8,11H2,1-2H3,(H,20,22);2*1H. The van der Waals surface area contributed by atoms with Gasteiger partial charge in [-0.05, 0) is 38.9 Å². The van der Waals surface area contributed by atoms with Crippen LogP contribution >= 0.6 is 36.2 Å². The number of hydrogen-bond donors (Lipinski definition) is 2. The largest absolute Gasteiger partial charge is 0.354 e. The summed E-state index contributed by atoms with van der Waals surface area (Å²) < 4.78 is 1.19. The van der Waals surface area contributed by atoms with Crippen LogP contribution < -0.4 is 10.6 Å². The van der Waals surface area contributed by atoms with Crippen molar-refractivity contribution in [3.63, 3.8) is 0 Å². The number of carbonyl (C=O) groups excluding carboxylic acids is 1. The summed E-state index contributed by atoms with van der Waals surface area (Å²) in [4.78, 5) is 17.4. The summed E-state index contributed by atoms with van der Waals surface area (Å²) in [5.41, 5.74) is 1.03. The van der Waals surface area contributed by atoms with E-state index < -0.39 is 0 Å². The van der Waals surface area contributed by atoms with Crippen molar-refractivity contribution in [3.8, 4) is 0 Å². The third-order valence-corrected chi connectivity index (χ3v) is 5.64. The van der Waals surface area contributed by atoms with Gasteiger partial charge in [0.05, 0.1) is 21.1 Å². The van der Waals surface area contributed by atoms with Crippen LogP contribution in [0, 0.1) is 5.92 Å². The van der Waals surface area contributed by atoms with Gasteiger partial charge in [-0.2, -0.15) is 0 Å². The Kier molecular flexibility index (Phi) is 8.86. The number of hydrogen-bond acceptors (Lipinski definition) is 4. The summed E-state index contributed by atoms with van der Waals surface area (Å²) in [6, 6.07) is 8.46. The number of likely N-dealkylation sites (N-methyl/N-ethyl adjacent to an activating group) is 1. The molecule has 0 fully saturated rings. The van der Waals surface area contributed by atoms with Gasteiger partial charge in [0, 0.05) is 18.5 Å². The molecule has 3 atom stereocenters. The number of carbonyl (C=O) groups is 1. The highest BCUT2D eigenvalue weighted by Crippen LogP contribution is 2.38. The Balaban J connectivity index is 0.00000156. The minimum Gasteiger partial charge on any atom is -0.354 e. The van der Waals surface area contributed by atoms with Gasteiger partial charge in [-0.25, -0.2) is 4.98 Å². The molecule has 0 bridgehead atoms. The van der Waals surface area contributed by atoms with Gasteiger partial charge in [0.25, 0.3) is 0 Å². The maximum atomic E-state index is 12.6. The van der Waals surface area contributed by atoms with E-state index in [4.69, 9.17) is 4.98 Å². The van der Waals surface area contributed by atoms with Gasteiger partial charge in [0.2, 0.25) is 5.91 Å². The van der Waals surface area contributed by atoms with Gasteiger partial charge < -0.3 is 10.6 Å². The second kappa shape index (κ2) is 10.1. The molecule has 1 aliphatic carbocycles. The molecule has 138 valence electrons. The molecule has 0 radical (unpaired) electrons. The first-order valence-corrected chi connectivity index (χ1v) is 8.96. The first-order chi connectivity index (χ1) is 11.2. The Hall–Kier alpha value is -1.14. The van der Waals surface area contributed by atoms with Gasteiger partial charge in [-0.15, -0.1) is 36.2 Å². The number of fused-ring (bicyclic) bond motifs is 1. The van der Waals surface area contributed by atoms with Gasteiger partial charge in [0.15, 0.2) is 0 Å². The average Bonchev–Trinajstić information content (AvgIpc) is 3.03. The zero-order valence-corrected chi connectivity index (χ0v) is 16.8. The molecule has 1 aliphatic rings. The molecule has 3 unspecified atom stereocenters. The molecule has 4 nitrogen and oxygen atoms in total. The second-order valence-electron chi connectivity index (χ2n) is 6.11. The van der Waals surface area contributed by atoms with E-state index >= 15 is 0 Å². The molecule has 1 aromatic heterocycles. The van der Waals surface area contributed by atoms with Crippen LogP contribution in [0.1, 0.15) is 30.7 Å². The number of allylic oxidation sites excluding steroid dienone is 2. The molecule has 7 heteroatoms. The van der Waals surface area contributed by atoms with Crippen molar-refractivity contribution in [1.29, 1.82) is 0 Å². The molecule has 0 spiro atoms. The predicted octanol–water partition coefficient (Wildman–Crippen LogP) is 3.91. The lowest BCUT2D eigenvalue weighted by Crippen LogP contribution is -2.41. The van der Waals surface area contributed by atoms with Crippen LogP contribution in [0.15, 0.2) is 36.4 Å². The first kappa shape index (κ1) is 21.9. The van der Waals surface area contributed by atoms with Gasteiger partial charge in [0.1, 0.15) is 0 Å². The molecule has 1 heterocycles. The molecule has 2 N–H and O–H groups in total. The van der Waals surface area contributed by atoms with Gasteiger partial charge in [-0.3, -0.25) is 4.79 Å². The molecule has 1 aromatic carbocycles. The normalized spacial score (nSPS) is 20.4. The predicted molar refractivity (Wildman–Crippen MR) is 110 cm³/mol. The summed E-state index contributed by atoms with van der Waals surface area (Å²) in [6.45, 7) is 2.72. The lowest BCUT2D eigenvalue weighted by Gasteiger charge is -2.26. The Bertz CT molecular complexity index is 686. The number of thiazole rings is 1. The fraction of sp³-hybridized carbons (Fsp3) is 0.444. The Morgan fingerprint density at radius 3 is 2.72 bits per heavy atom. The third kappa shape index (κ3) is 5.17. The van der Waals surface area contributed by atoms with Crippen LogP contribution in [0.2, 0.25) is 0 Å². The zero-order valence-electron chi connectivity index (χ0n) is 14.4. The minimum atomic E-state index is -0.0235. The van der Waals surface area contributed by atoms with E-state index in [1.54, 1.807) is 11.3 Å². The number of nitrogens with zero attached hydrogens (tertiary/aromatic N) is 1.